The number of aliphatic hydroxyl groups is 1. The van der Waals surface area contributed by atoms with Crippen molar-refractivity contribution in [3.05, 3.63) is 35.1 Å². The van der Waals surface area contributed by atoms with Gasteiger partial charge in [-0.05, 0) is 49.3 Å². The minimum Gasteiger partial charge on any atom is -0.388 e. The van der Waals surface area contributed by atoms with Crippen molar-refractivity contribution >= 4 is 17.7 Å². The van der Waals surface area contributed by atoms with Crippen molar-refractivity contribution in [2.24, 2.45) is 4.99 Å². The normalized spacial score (nSPS) is 17.1. The zero-order chi connectivity index (χ0) is 17.4. The molecule has 1 aromatic carbocycles. The van der Waals surface area contributed by atoms with Gasteiger partial charge in [0.1, 0.15) is 5.82 Å². The van der Waals surface area contributed by atoms with Crippen LogP contribution in [0, 0.1) is 5.82 Å². The van der Waals surface area contributed by atoms with Crippen LogP contribution in [0.1, 0.15) is 43.7 Å². The van der Waals surface area contributed by atoms with E-state index in [1.807, 2.05) is 13.2 Å². The largest absolute Gasteiger partial charge is 0.388 e. The number of hydrogen-bond acceptors (Lipinski definition) is 3. The standard InChI is InChI=1S/C18H28FN3OS/c1-3-20-17(22-13-18(23)8-4-5-9-18)21-11-14-6-7-16(19)10-15(14)12-24-2/h6-7,10,23H,3-5,8-9,11-13H2,1-2H3,(H2,20,21,22). The van der Waals surface area contributed by atoms with Crippen LogP contribution in [-0.2, 0) is 12.3 Å². The summed E-state index contributed by atoms with van der Waals surface area (Å²) < 4.78 is 13.4. The molecule has 24 heavy (non-hydrogen) atoms. The van der Waals surface area contributed by atoms with Crippen LogP contribution in [0.25, 0.3) is 0 Å². The van der Waals surface area contributed by atoms with Gasteiger partial charge in [-0.1, -0.05) is 18.9 Å². The molecule has 0 saturated heterocycles. The van der Waals surface area contributed by atoms with Crippen LogP contribution in [0.5, 0.6) is 0 Å². The fourth-order valence-corrected chi connectivity index (χ4v) is 3.58. The first kappa shape index (κ1) is 19.1. The summed E-state index contributed by atoms with van der Waals surface area (Å²) in [4.78, 5) is 4.60. The van der Waals surface area contributed by atoms with Gasteiger partial charge in [-0.2, -0.15) is 11.8 Å². The van der Waals surface area contributed by atoms with Crippen molar-refractivity contribution in [2.45, 2.75) is 50.5 Å². The molecule has 1 aliphatic rings. The highest BCUT2D eigenvalue weighted by Gasteiger charge is 2.30. The van der Waals surface area contributed by atoms with Crippen LogP contribution >= 0.6 is 11.8 Å². The van der Waals surface area contributed by atoms with Gasteiger partial charge >= 0.3 is 0 Å². The lowest BCUT2D eigenvalue weighted by Crippen LogP contribution is -2.46. The first-order valence-electron chi connectivity index (χ1n) is 8.57. The third-order valence-corrected chi connectivity index (χ3v) is 4.94. The van der Waals surface area contributed by atoms with E-state index in [0.29, 0.717) is 19.0 Å². The number of hydrogen-bond donors (Lipinski definition) is 3. The number of guanidine groups is 1. The fraction of sp³-hybridized carbons (Fsp3) is 0.611. The lowest BCUT2D eigenvalue weighted by Gasteiger charge is -2.23. The van der Waals surface area contributed by atoms with Gasteiger partial charge < -0.3 is 15.7 Å². The molecule has 6 heteroatoms. The summed E-state index contributed by atoms with van der Waals surface area (Å²) in [7, 11) is 0. The Morgan fingerprint density at radius 3 is 2.71 bits per heavy atom. The molecule has 1 fully saturated rings. The number of thioether (sulfide) groups is 1. The summed E-state index contributed by atoms with van der Waals surface area (Å²) in [6.45, 7) is 3.77. The average molecular weight is 354 g/mol. The smallest absolute Gasteiger partial charge is 0.191 e. The van der Waals surface area contributed by atoms with Gasteiger partial charge in [-0.15, -0.1) is 0 Å². The molecule has 134 valence electrons. The highest BCUT2D eigenvalue weighted by molar-refractivity contribution is 7.97. The molecule has 0 aliphatic heterocycles. The predicted molar refractivity (Wildman–Crippen MR) is 99.9 cm³/mol. The maximum atomic E-state index is 13.4. The second-order valence-electron chi connectivity index (χ2n) is 6.33. The molecule has 1 aliphatic carbocycles. The number of rotatable bonds is 7. The number of nitrogens with zero attached hydrogens (tertiary/aromatic N) is 1. The number of aliphatic imine (C=N–C) groups is 1. The molecule has 1 saturated carbocycles. The third kappa shape index (κ3) is 5.67. The van der Waals surface area contributed by atoms with E-state index in [0.717, 1.165) is 49.1 Å². The van der Waals surface area contributed by atoms with E-state index in [4.69, 9.17) is 0 Å². The molecule has 0 radical (unpaired) electrons. The van der Waals surface area contributed by atoms with E-state index < -0.39 is 5.60 Å². The van der Waals surface area contributed by atoms with E-state index in [1.54, 1.807) is 23.9 Å². The van der Waals surface area contributed by atoms with Crippen molar-refractivity contribution in [3.8, 4) is 0 Å². The molecule has 3 N–H and O–H groups in total. The van der Waals surface area contributed by atoms with Gasteiger partial charge in [0.2, 0.25) is 0 Å². The lowest BCUT2D eigenvalue weighted by molar-refractivity contribution is 0.0522. The van der Waals surface area contributed by atoms with E-state index in [-0.39, 0.29) is 5.82 Å². The van der Waals surface area contributed by atoms with Gasteiger partial charge in [0.05, 0.1) is 12.1 Å². The van der Waals surface area contributed by atoms with Gasteiger partial charge in [0.25, 0.3) is 0 Å². The Morgan fingerprint density at radius 1 is 1.29 bits per heavy atom. The number of benzene rings is 1. The van der Waals surface area contributed by atoms with Gasteiger partial charge in [-0.25, -0.2) is 9.38 Å². The molecule has 0 heterocycles. The monoisotopic (exact) mass is 353 g/mol. The van der Waals surface area contributed by atoms with Crippen LogP contribution in [0.2, 0.25) is 0 Å². The topological polar surface area (TPSA) is 56.7 Å². The minimum atomic E-state index is -0.615. The summed E-state index contributed by atoms with van der Waals surface area (Å²) in [5.74, 6) is 1.25. The zero-order valence-corrected chi connectivity index (χ0v) is 15.4. The van der Waals surface area contributed by atoms with E-state index in [9.17, 15) is 9.50 Å². The SMILES string of the molecule is CCNC(=NCc1ccc(F)cc1CSC)NCC1(O)CCCC1. The molecule has 2 rings (SSSR count). The summed E-state index contributed by atoms with van der Waals surface area (Å²) >= 11 is 1.67. The van der Waals surface area contributed by atoms with Crippen molar-refractivity contribution < 1.29 is 9.50 Å². The van der Waals surface area contributed by atoms with Crippen molar-refractivity contribution in [3.63, 3.8) is 0 Å². The Bertz CT molecular complexity index is 559. The number of halogens is 1. The molecule has 1 aromatic rings. The van der Waals surface area contributed by atoms with E-state index in [2.05, 4.69) is 15.6 Å². The van der Waals surface area contributed by atoms with Crippen molar-refractivity contribution in [1.82, 2.24) is 10.6 Å². The van der Waals surface area contributed by atoms with Gasteiger partial charge in [0.15, 0.2) is 5.96 Å². The molecule has 0 bridgehead atoms. The minimum absolute atomic E-state index is 0.208. The second kappa shape index (κ2) is 9.28. The molecule has 0 spiro atoms. The lowest BCUT2D eigenvalue weighted by atomic mass is 10.0. The first-order valence-corrected chi connectivity index (χ1v) is 9.96. The molecule has 0 atom stereocenters. The quantitative estimate of drug-likeness (QED) is 0.521. The van der Waals surface area contributed by atoms with Gasteiger partial charge in [-0.3, -0.25) is 0 Å². The average Bonchev–Trinajstić information content (AvgIpc) is 2.99. The van der Waals surface area contributed by atoms with Crippen LogP contribution in [0.15, 0.2) is 23.2 Å². The predicted octanol–water partition coefficient (Wildman–Crippen LogP) is 3.05. The maximum absolute atomic E-state index is 13.4. The van der Waals surface area contributed by atoms with Crippen LogP contribution in [0.4, 0.5) is 4.39 Å². The summed E-state index contributed by atoms with van der Waals surface area (Å²) in [6, 6.07) is 4.87. The summed E-state index contributed by atoms with van der Waals surface area (Å²) in [6.07, 6.45) is 5.86. The molecule has 0 amide bonds. The Morgan fingerprint density at radius 2 is 2.04 bits per heavy atom. The third-order valence-electron chi connectivity index (χ3n) is 4.34. The van der Waals surface area contributed by atoms with Crippen LogP contribution < -0.4 is 10.6 Å². The second-order valence-corrected chi connectivity index (χ2v) is 7.19. The number of nitrogens with one attached hydrogen (secondary N) is 2. The molecular formula is C18H28FN3OS. The van der Waals surface area contributed by atoms with Crippen molar-refractivity contribution in [2.75, 3.05) is 19.3 Å². The Hall–Kier alpha value is -1.27. The van der Waals surface area contributed by atoms with Gasteiger partial charge in [0, 0.05) is 18.8 Å². The summed E-state index contributed by atoms with van der Waals surface area (Å²) in [5.41, 5.74) is 1.40. The fourth-order valence-electron chi connectivity index (χ4n) is 3.00. The highest BCUT2D eigenvalue weighted by atomic mass is 32.2. The Kier molecular flexibility index (Phi) is 7.37. The zero-order valence-electron chi connectivity index (χ0n) is 14.6. The molecular weight excluding hydrogens is 325 g/mol. The van der Waals surface area contributed by atoms with E-state index >= 15 is 0 Å². The molecule has 0 unspecified atom stereocenters. The van der Waals surface area contributed by atoms with Crippen LogP contribution in [-0.4, -0.2) is 36.0 Å². The Balaban J connectivity index is 2.02. The molecule has 0 aromatic heterocycles. The molecule has 4 nitrogen and oxygen atoms in total. The maximum Gasteiger partial charge on any atom is 0.191 e. The van der Waals surface area contributed by atoms with E-state index in [1.165, 1.54) is 6.07 Å². The summed E-state index contributed by atoms with van der Waals surface area (Å²) in [5, 5.41) is 16.9. The first-order chi connectivity index (χ1) is 11.6. The highest BCUT2D eigenvalue weighted by Crippen LogP contribution is 2.28. The van der Waals surface area contributed by atoms with Crippen molar-refractivity contribution in [1.29, 1.82) is 0 Å². The Labute approximate surface area is 148 Å². The van der Waals surface area contributed by atoms with Crippen LogP contribution in [0.3, 0.4) is 0 Å².